The molecule has 2 saturated carbocycles. The maximum atomic E-state index is 6.13. The molecule has 2 heterocycles. The molecule has 2 aliphatic carbocycles. The van der Waals surface area contributed by atoms with Crippen molar-refractivity contribution >= 4 is 29.9 Å². The van der Waals surface area contributed by atoms with Gasteiger partial charge in [-0.3, -0.25) is 4.99 Å². The number of hydrogen-bond acceptors (Lipinski definition) is 3. The highest BCUT2D eigenvalue weighted by Crippen LogP contribution is 2.62. The molecular formula is C21H38IN3O2. The Hall–Kier alpha value is -0.0800. The Morgan fingerprint density at radius 1 is 1.11 bits per heavy atom. The monoisotopic (exact) mass is 491 g/mol. The van der Waals surface area contributed by atoms with Crippen molar-refractivity contribution in [3.05, 3.63) is 0 Å². The molecule has 4 aliphatic rings. The molecule has 0 aromatic heterocycles. The predicted octanol–water partition coefficient (Wildman–Crippen LogP) is 3.57. The van der Waals surface area contributed by atoms with Crippen molar-refractivity contribution < 1.29 is 9.47 Å². The molecule has 5 nitrogen and oxygen atoms in total. The predicted molar refractivity (Wildman–Crippen MR) is 120 cm³/mol. The summed E-state index contributed by atoms with van der Waals surface area (Å²) in [6.07, 6.45) is 8.39. The zero-order chi connectivity index (χ0) is 18.4. The number of guanidine groups is 1. The van der Waals surface area contributed by atoms with Gasteiger partial charge in [-0.15, -0.1) is 24.0 Å². The van der Waals surface area contributed by atoms with E-state index in [1.165, 1.54) is 32.1 Å². The highest BCUT2D eigenvalue weighted by molar-refractivity contribution is 14.0. The third kappa shape index (κ3) is 3.87. The lowest BCUT2D eigenvalue weighted by molar-refractivity contribution is -0.171. The van der Waals surface area contributed by atoms with E-state index in [1.807, 2.05) is 7.05 Å². The van der Waals surface area contributed by atoms with Crippen molar-refractivity contribution in [1.29, 1.82) is 0 Å². The van der Waals surface area contributed by atoms with Crippen molar-refractivity contribution in [1.82, 2.24) is 10.6 Å². The molecule has 0 amide bonds. The van der Waals surface area contributed by atoms with Crippen molar-refractivity contribution in [3.8, 4) is 0 Å². The molecule has 27 heavy (non-hydrogen) atoms. The summed E-state index contributed by atoms with van der Waals surface area (Å²) < 4.78 is 12.2. The number of hydrogen-bond donors (Lipinski definition) is 2. The summed E-state index contributed by atoms with van der Waals surface area (Å²) in [6, 6.07) is 0.538. The second kappa shape index (κ2) is 8.34. The van der Waals surface area contributed by atoms with Crippen LogP contribution in [0.5, 0.6) is 0 Å². The molecule has 156 valence electrons. The minimum atomic E-state index is 0. The maximum Gasteiger partial charge on any atom is 0.191 e. The molecule has 0 aromatic carbocycles. The summed E-state index contributed by atoms with van der Waals surface area (Å²) in [4.78, 5) is 4.53. The molecule has 2 saturated heterocycles. The maximum absolute atomic E-state index is 6.13. The first kappa shape index (κ1) is 21.6. The van der Waals surface area contributed by atoms with Gasteiger partial charge >= 0.3 is 0 Å². The van der Waals surface area contributed by atoms with Gasteiger partial charge in [0, 0.05) is 50.1 Å². The van der Waals surface area contributed by atoms with Gasteiger partial charge in [-0.1, -0.05) is 27.2 Å². The van der Waals surface area contributed by atoms with E-state index in [9.17, 15) is 0 Å². The number of nitrogens with one attached hydrogen (secondary N) is 2. The number of rotatable bonds is 3. The zero-order valence-corrected chi connectivity index (χ0v) is 19.8. The first-order valence-electron chi connectivity index (χ1n) is 10.7. The Balaban J connectivity index is 0.00000210. The topological polar surface area (TPSA) is 54.9 Å². The largest absolute Gasteiger partial charge is 0.377 e. The molecule has 4 rings (SSSR count). The fraction of sp³-hybridized carbons (Fsp3) is 0.952. The number of ether oxygens (including phenoxy) is 2. The summed E-state index contributed by atoms with van der Waals surface area (Å²) in [7, 11) is 1.89. The van der Waals surface area contributed by atoms with Crippen LogP contribution in [0.4, 0.5) is 0 Å². The van der Waals surface area contributed by atoms with Crippen molar-refractivity contribution in [3.63, 3.8) is 0 Å². The van der Waals surface area contributed by atoms with Crippen LogP contribution in [0.3, 0.4) is 0 Å². The Labute approximate surface area is 181 Å². The molecule has 0 radical (unpaired) electrons. The molecule has 2 N–H and O–H groups in total. The number of aliphatic imine (C=N–C) groups is 1. The normalized spacial score (nSPS) is 37.6. The van der Waals surface area contributed by atoms with Gasteiger partial charge in [-0.05, 0) is 37.5 Å². The standard InChI is InChI=1S/C21H37N3O2.HI/c1-20(2,3)17-14(7-5-11-25-17)13-23-19(22-4)24-16-15-8-12-26-18(15)21(16)9-6-10-21;/h14-18H,5-13H2,1-4H3,(H2,22,23,24);1H. The minimum Gasteiger partial charge on any atom is -0.377 e. The van der Waals surface area contributed by atoms with Crippen LogP contribution in [0.15, 0.2) is 4.99 Å². The first-order valence-corrected chi connectivity index (χ1v) is 10.7. The molecule has 1 spiro atoms. The van der Waals surface area contributed by atoms with Crippen LogP contribution in [0.25, 0.3) is 0 Å². The summed E-state index contributed by atoms with van der Waals surface area (Å²) in [5, 5.41) is 7.40. The van der Waals surface area contributed by atoms with Crippen LogP contribution in [0, 0.1) is 22.7 Å². The van der Waals surface area contributed by atoms with Gasteiger partial charge < -0.3 is 20.1 Å². The van der Waals surface area contributed by atoms with E-state index in [1.54, 1.807) is 0 Å². The Bertz CT molecular complexity index is 544. The van der Waals surface area contributed by atoms with Gasteiger partial charge in [-0.25, -0.2) is 0 Å². The molecule has 6 heteroatoms. The van der Waals surface area contributed by atoms with Crippen LogP contribution in [0.2, 0.25) is 0 Å². The summed E-state index contributed by atoms with van der Waals surface area (Å²) in [6.45, 7) is 9.65. The summed E-state index contributed by atoms with van der Waals surface area (Å²) >= 11 is 0. The molecular weight excluding hydrogens is 453 g/mol. The second-order valence-electron chi connectivity index (χ2n) is 9.97. The van der Waals surface area contributed by atoms with Gasteiger partial charge in [-0.2, -0.15) is 0 Å². The number of fused-ring (bicyclic) bond motifs is 2. The summed E-state index contributed by atoms with van der Waals surface area (Å²) in [5.74, 6) is 2.18. The SMILES string of the molecule is CN=C(NCC1CCCOC1C(C)(C)C)NC1C2CCOC2C12CCC2.I. The number of nitrogens with zero attached hydrogens (tertiary/aromatic N) is 1. The van der Waals surface area contributed by atoms with Gasteiger partial charge in [0.05, 0.1) is 12.2 Å². The van der Waals surface area contributed by atoms with Crippen LogP contribution >= 0.6 is 24.0 Å². The number of halogens is 1. The summed E-state index contributed by atoms with van der Waals surface area (Å²) in [5.41, 5.74) is 0.572. The first-order chi connectivity index (χ1) is 12.5. The Morgan fingerprint density at radius 3 is 2.52 bits per heavy atom. The second-order valence-corrected chi connectivity index (χ2v) is 9.97. The molecule has 4 fully saturated rings. The third-order valence-electron chi connectivity index (χ3n) is 7.38. The van der Waals surface area contributed by atoms with Crippen LogP contribution in [-0.4, -0.2) is 51.0 Å². The lowest BCUT2D eigenvalue weighted by Crippen LogP contribution is -2.72. The van der Waals surface area contributed by atoms with Crippen LogP contribution < -0.4 is 10.6 Å². The van der Waals surface area contributed by atoms with E-state index in [-0.39, 0.29) is 29.4 Å². The van der Waals surface area contributed by atoms with E-state index >= 15 is 0 Å². The quantitative estimate of drug-likeness (QED) is 0.360. The van der Waals surface area contributed by atoms with Crippen LogP contribution in [-0.2, 0) is 9.47 Å². The van der Waals surface area contributed by atoms with E-state index in [2.05, 4.69) is 36.4 Å². The Kier molecular flexibility index (Phi) is 6.68. The zero-order valence-electron chi connectivity index (χ0n) is 17.4. The van der Waals surface area contributed by atoms with Gasteiger partial charge in [0.15, 0.2) is 5.96 Å². The smallest absolute Gasteiger partial charge is 0.191 e. The fourth-order valence-electron chi connectivity index (χ4n) is 6.04. The Morgan fingerprint density at radius 2 is 1.89 bits per heavy atom. The molecule has 5 atom stereocenters. The molecule has 0 bridgehead atoms. The third-order valence-corrected chi connectivity index (χ3v) is 7.38. The fourth-order valence-corrected chi connectivity index (χ4v) is 6.04. The lowest BCUT2D eigenvalue weighted by atomic mass is 9.46. The van der Waals surface area contributed by atoms with Gasteiger partial charge in [0.2, 0.25) is 0 Å². The van der Waals surface area contributed by atoms with Crippen molar-refractivity contribution in [2.45, 2.75) is 77.5 Å². The van der Waals surface area contributed by atoms with Crippen LogP contribution in [0.1, 0.15) is 59.3 Å². The molecule has 0 aromatic rings. The van der Waals surface area contributed by atoms with E-state index < -0.39 is 0 Å². The average molecular weight is 491 g/mol. The van der Waals surface area contributed by atoms with E-state index in [0.29, 0.717) is 35.5 Å². The van der Waals surface area contributed by atoms with Crippen molar-refractivity contribution in [2.75, 3.05) is 26.8 Å². The van der Waals surface area contributed by atoms with Gasteiger partial charge in [0.1, 0.15) is 0 Å². The highest BCUT2D eigenvalue weighted by Gasteiger charge is 2.66. The molecule has 2 aliphatic heterocycles. The molecule has 5 unspecified atom stereocenters. The van der Waals surface area contributed by atoms with E-state index in [0.717, 1.165) is 32.1 Å². The van der Waals surface area contributed by atoms with Gasteiger partial charge in [0.25, 0.3) is 0 Å². The average Bonchev–Trinajstić information content (AvgIpc) is 2.98. The van der Waals surface area contributed by atoms with E-state index in [4.69, 9.17) is 9.47 Å². The minimum absolute atomic E-state index is 0. The van der Waals surface area contributed by atoms with Crippen molar-refractivity contribution in [2.24, 2.45) is 27.7 Å². The highest BCUT2D eigenvalue weighted by atomic mass is 127. The lowest BCUT2D eigenvalue weighted by Gasteiger charge is -2.63.